The van der Waals surface area contributed by atoms with Crippen LogP contribution in [0, 0.1) is 0 Å². The van der Waals surface area contributed by atoms with Crippen molar-refractivity contribution in [3.8, 4) is 5.75 Å². The molecule has 27 heavy (non-hydrogen) atoms. The molecule has 2 heterocycles. The van der Waals surface area contributed by atoms with E-state index < -0.39 is 11.7 Å². The molecule has 0 saturated carbocycles. The van der Waals surface area contributed by atoms with E-state index in [-0.39, 0.29) is 11.8 Å². The maximum Gasteiger partial charge on any atom is 0.416 e. The number of nitrogens with zero attached hydrogens (tertiary/aromatic N) is 2. The first-order chi connectivity index (χ1) is 12.9. The lowest BCUT2D eigenvalue weighted by atomic mass is 9.94. The normalized spacial score (nSPS) is 16.7. The predicted octanol–water partition coefficient (Wildman–Crippen LogP) is 5.14. The fourth-order valence-electron chi connectivity index (χ4n) is 3.81. The quantitative estimate of drug-likeness (QED) is 0.691. The molecule has 140 valence electrons. The van der Waals surface area contributed by atoms with Gasteiger partial charge in [0, 0.05) is 17.1 Å². The average Bonchev–Trinajstić information content (AvgIpc) is 3.18. The molecule has 2 aromatic carbocycles. The van der Waals surface area contributed by atoms with Crippen molar-refractivity contribution in [1.82, 2.24) is 9.88 Å². The molecule has 1 aliphatic rings. The van der Waals surface area contributed by atoms with Crippen molar-refractivity contribution in [2.24, 2.45) is 0 Å². The molecule has 1 N–H and O–H groups in total. The van der Waals surface area contributed by atoms with E-state index in [9.17, 15) is 18.3 Å². The van der Waals surface area contributed by atoms with Crippen LogP contribution in [0.2, 0.25) is 0 Å². The van der Waals surface area contributed by atoms with Crippen LogP contribution in [0.1, 0.15) is 35.6 Å². The lowest BCUT2D eigenvalue weighted by Gasteiger charge is -2.29. The number of halogens is 3. The van der Waals surface area contributed by atoms with E-state index >= 15 is 0 Å². The third kappa shape index (κ3) is 3.37. The average molecular weight is 372 g/mol. The highest BCUT2D eigenvalue weighted by molar-refractivity contribution is 5.85. The third-order valence-corrected chi connectivity index (χ3v) is 5.13. The Labute approximate surface area is 155 Å². The summed E-state index contributed by atoms with van der Waals surface area (Å²) in [5, 5.41) is 11.7. The van der Waals surface area contributed by atoms with Gasteiger partial charge in [-0.1, -0.05) is 30.3 Å². The zero-order chi connectivity index (χ0) is 19.0. The van der Waals surface area contributed by atoms with Crippen LogP contribution >= 0.6 is 0 Å². The van der Waals surface area contributed by atoms with Crippen molar-refractivity contribution in [3.63, 3.8) is 0 Å². The fraction of sp³-hybridized carbons (Fsp3) is 0.286. The topological polar surface area (TPSA) is 36.4 Å². The Morgan fingerprint density at radius 3 is 2.33 bits per heavy atom. The number of fused-ring (bicyclic) bond motifs is 1. The highest BCUT2D eigenvalue weighted by atomic mass is 19.4. The lowest BCUT2D eigenvalue weighted by Crippen LogP contribution is -2.26. The molecular weight excluding hydrogens is 353 g/mol. The number of phenolic OH excluding ortho intramolecular Hbond substituents is 1. The molecule has 3 aromatic rings. The maximum absolute atomic E-state index is 12.9. The monoisotopic (exact) mass is 372 g/mol. The molecule has 0 radical (unpaired) electrons. The number of rotatable bonds is 3. The van der Waals surface area contributed by atoms with E-state index in [1.165, 1.54) is 12.1 Å². The Morgan fingerprint density at radius 2 is 1.67 bits per heavy atom. The molecule has 6 heteroatoms. The van der Waals surface area contributed by atoms with Crippen molar-refractivity contribution in [2.75, 3.05) is 13.1 Å². The first-order valence-corrected chi connectivity index (χ1v) is 8.93. The zero-order valence-corrected chi connectivity index (χ0v) is 14.6. The number of hydrogen-bond acceptors (Lipinski definition) is 3. The smallest absolute Gasteiger partial charge is 0.416 e. The Bertz CT molecular complexity index is 948. The fourth-order valence-corrected chi connectivity index (χ4v) is 3.81. The van der Waals surface area contributed by atoms with Crippen LogP contribution < -0.4 is 0 Å². The van der Waals surface area contributed by atoms with Gasteiger partial charge in [-0.15, -0.1) is 0 Å². The highest BCUT2D eigenvalue weighted by Crippen LogP contribution is 2.40. The zero-order valence-electron chi connectivity index (χ0n) is 14.6. The first-order valence-electron chi connectivity index (χ1n) is 8.93. The van der Waals surface area contributed by atoms with Crippen LogP contribution in [0.4, 0.5) is 13.2 Å². The summed E-state index contributed by atoms with van der Waals surface area (Å²) in [6.45, 7) is 1.68. The molecule has 1 aromatic heterocycles. The first kappa shape index (κ1) is 17.8. The second-order valence-electron chi connectivity index (χ2n) is 6.84. The Kier molecular flexibility index (Phi) is 4.52. The van der Waals surface area contributed by atoms with Gasteiger partial charge >= 0.3 is 6.18 Å². The molecule has 1 aliphatic heterocycles. The summed E-state index contributed by atoms with van der Waals surface area (Å²) in [6, 6.07) is 12.3. The lowest BCUT2D eigenvalue weighted by molar-refractivity contribution is -0.137. The minimum absolute atomic E-state index is 0.0879. The number of likely N-dealkylation sites (tertiary alicyclic amines) is 1. The molecule has 0 amide bonds. The van der Waals surface area contributed by atoms with E-state index in [1.54, 1.807) is 12.3 Å². The van der Waals surface area contributed by atoms with Gasteiger partial charge < -0.3 is 5.11 Å². The molecule has 3 nitrogen and oxygen atoms in total. The van der Waals surface area contributed by atoms with Gasteiger partial charge in [0.15, 0.2) is 0 Å². The summed E-state index contributed by atoms with van der Waals surface area (Å²) < 4.78 is 38.8. The number of aromatic hydroxyl groups is 1. The van der Waals surface area contributed by atoms with Crippen LogP contribution in [0.15, 0.2) is 54.7 Å². The minimum Gasteiger partial charge on any atom is -0.505 e. The molecule has 1 atom stereocenters. The van der Waals surface area contributed by atoms with Gasteiger partial charge in [-0.2, -0.15) is 13.2 Å². The van der Waals surface area contributed by atoms with Crippen LogP contribution in [0.3, 0.4) is 0 Å². The second kappa shape index (κ2) is 6.85. The number of benzene rings is 2. The van der Waals surface area contributed by atoms with E-state index in [4.69, 9.17) is 0 Å². The van der Waals surface area contributed by atoms with Crippen molar-refractivity contribution in [1.29, 1.82) is 0 Å². The van der Waals surface area contributed by atoms with Crippen molar-refractivity contribution >= 4 is 10.9 Å². The van der Waals surface area contributed by atoms with Crippen LogP contribution in [0.5, 0.6) is 5.75 Å². The summed E-state index contributed by atoms with van der Waals surface area (Å²) in [5.41, 5.74) is 1.24. The molecule has 1 saturated heterocycles. The molecular formula is C21H19F3N2O. The van der Waals surface area contributed by atoms with E-state index in [0.29, 0.717) is 11.1 Å². The van der Waals surface area contributed by atoms with Gasteiger partial charge in [0.05, 0.1) is 11.6 Å². The Morgan fingerprint density at radius 1 is 0.963 bits per heavy atom. The molecule has 4 rings (SSSR count). The molecule has 0 bridgehead atoms. The van der Waals surface area contributed by atoms with Crippen molar-refractivity contribution in [3.05, 3.63) is 71.4 Å². The van der Waals surface area contributed by atoms with Crippen LogP contribution in [-0.4, -0.2) is 28.1 Å². The molecule has 0 spiro atoms. The minimum atomic E-state index is -4.36. The summed E-state index contributed by atoms with van der Waals surface area (Å²) in [5.74, 6) is 0.0879. The van der Waals surface area contributed by atoms with Crippen molar-refractivity contribution in [2.45, 2.75) is 25.1 Å². The SMILES string of the molecule is Oc1c([C@H](c2ccc(C(F)(F)F)cc2)N2CCCC2)ccc2cccnc12. The van der Waals surface area contributed by atoms with E-state index in [1.807, 2.05) is 18.2 Å². The van der Waals surface area contributed by atoms with E-state index in [2.05, 4.69) is 9.88 Å². The number of phenols is 1. The molecule has 0 unspecified atom stereocenters. The summed E-state index contributed by atoms with van der Waals surface area (Å²) >= 11 is 0. The summed E-state index contributed by atoms with van der Waals surface area (Å²) in [6.07, 6.45) is -0.682. The molecule has 0 aliphatic carbocycles. The van der Waals surface area contributed by atoms with Crippen LogP contribution in [0.25, 0.3) is 10.9 Å². The number of alkyl halides is 3. The van der Waals surface area contributed by atoms with Crippen LogP contribution in [-0.2, 0) is 6.18 Å². The molecule has 1 fully saturated rings. The van der Waals surface area contributed by atoms with Gasteiger partial charge in [-0.25, -0.2) is 0 Å². The number of pyridine rings is 1. The van der Waals surface area contributed by atoms with Gasteiger partial charge in [-0.05, 0) is 49.7 Å². The second-order valence-corrected chi connectivity index (χ2v) is 6.84. The van der Waals surface area contributed by atoms with Crippen molar-refractivity contribution < 1.29 is 18.3 Å². The standard InChI is InChI=1S/C21H19F3N2O/c22-21(23,24)16-8-5-15(6-9-16)19(26-12-1-2-13-26)17-10-7-14-4-3-11-25-18(14)20(17)27/h3-11,19,27H,1-2,12-13H2/t19-/m0/s1. The number of hydrogen-bond donors (Lipinski definition) is 1. The number of aromatic nitrogens is 1. The third-order valence-electron chi connectivity index (χ3n) is 5.13. The van der Waals surface area contributed by atoms with Gasteiger partial charge in [0.25, 0.3) is 0 Å². The largest absolute Gasteiger partial charge is 0.505 e. The maximum atomic E-state index is 12.9. The van der Waals surface area contributed by atoms with E-state index in [0.717, 1.165) is 49.0 Å². The Balaban J connectivity index is 1.82. The summed E-state index contributed by atoms with van der Waals surface area (Å²) in [7, 11) is 0. The summed E-state index contributed by atoms with van der Waals surface area (Å²) in [4.78, 5) is 6.47. The van der Waals surface area contributed by atoms with Gasteiger partial charge in [-0.3, -0.25) is 9.88 Å². The van der Waals surface area contributed by atoms with Gasteiger partial charge in [0.1, 0.15) is 11.3 Å². The van der Waals surface area contributed by atoms with Gasteiger partial charge in [0.2, 0.25) is 0 Å². The highest BCUT2D eigenvalue weighted by Gasteiger charge is 2.32. The predicted molar refractivity (Wildman–Crippen MR) is 97.5 cm³/mol. The Hall–Kier alpha value is -2.60.